The molecule has 0 saturated carbocycles. The van der Waals surface area contributed by atoms with Gasteiger partial charge in [0.1, 0.15) is 0 Å². The molecule has 1 atom stereocenters. The Kier molecular flexibility index (Phi) is 4.20. The molecule has 1 fully saturated rings. The molecule has 0 aromatic heterocycles. The highest BCUT2D eigenvalue weighted by Crippen LogP contribution is 2.17. The molecule has 0 aromatic rings. The SMILES string of the molecule is CC(C)(C)CCNCC1CCCO1. The molecule has 2 heteroatoms. The van der Waals surface area contributed by atoms with E-state index in [1.54, 1.807) is 0 Å². The summed E-state index contributed by atoms with van der Waals surface area (Å²) in [6.45, 7) is 9.95. The van der Waals surface area contributed by atoms with Gasteiger partial charge in [-0.25, -0.2) is 0 Å². The molecule has 1 heterocycles. The Hall–Kier alpha value is -0.0800. The Labute approximate surface area is 82.0 Å². The van der Waals surface area contributed by atoms with Crippen LogP contribution in [0.4, 0.5) is 0 Å². The molecule has 1 unspecified atom stereocenters. The van der Waals surface area contributed by atoms with Crippen molar-refractivity contribution in [1.29, 1.82) is 0 Å². The van der Waals surface area contributed by atoms with E-state index in [9.17, 15) is 0 Å². The van der Waals surface area contributed by atoms with E-state index in [0.717, 1.165) is 19.7 Å². The topological polar surface area (TPSA) is 21.3 Å². The van der Waals surface area contributed by atoms with E-state index >= 15 is 0 Å². The molecule has 0 amide bonds. The van der Waals surface area contributed by atoms with Crippen molar-refractivity contribution in [2.24, 2.45) is 5.41 Å². The highest BCUT2D eigenvalue weighted by atomic mass is 16.5. The molecule has 1 aliphatic rings. The van der Waals surface area contributed by atoms with Crippen LogP contribution >= 0.6 is 0 Å². The maximum Gasteiger partial charge on any atom is 0.0700 e. The van der Waals surface area contributed by atoms with Crippen molar-refractivity contribution in [1.82, 2.24) is 5.32 Å². The van der Waals surface area contributed by atoms with Crippen LogP contribution in [0.15, 0.2) is 0 Å². The second kappa shape index (κ2) is 4.97. The van der Waals surface area contributed by atoms with E-state index < -0.39 is 0 Å². The van der Waals surface area contributed by atoms with E-state index in [1.807, 2.05) is 0 Å². The van der Waals surface area contributed by atoms with Gasteiger partial charge >= 0.3 is 0 Å². The molecule has 1 rings (SSSR count). The normalized spacial score (nSPS) is 23.8. The molecule has 1 N–H and O–H groups in total. The van der Waals surface area contributed by atoms with Gasteiger partial charge in [-0.05, 0) is 31.2 Å². The smallest absolute Gasteiger partial charge is 0.0700 e. The third-order valence-corrected chi connectivity index (χ3v) is 2.45. The summed E-state index contributed by atoms with van der Waals surface area (Å²) >= 11 is 0. The van der Waals surface area contributed by atoms with Gasteiger partial charge in [0, 0.05) is 13.2 Å². The highest BCUT2D eigenvalue weighted by molar-refractivity contribution is 4.69. The third-order valence-electron chi connectivity index (χ3n) is 2.45. The largest absolute Gasteiger partial charge is 0.377 e. The molecule has 0 radical (unpaired) electrons. The van der Waals surface area contributed by atoms with Crippen molar-refractivity contribution in [3.63, 3.8) is 0 Å². The van der Waals surface area contributed by atoms with Crippen LogP contribution < -0.4 is 5.32 Å². The fourth-order valence-corrected chi connectivity index (χ4v) is 1.53. The zero-order valence-electron chi connectivity index (χ0n) is 9.23. The predicted molar refractivity (Wildman–Crippen MR) is 55.9 cm³/mol. The van der Waals surface area contributed by atoms with Crippen LogP contribution in [-0.2, 0) is 4.74 Å². The first kappa shape index (κ1) is 11.0. The Balaban J connectivity index is 1.94. The molecule has 2 nitrogen and oxygen atoms in total. The summed E-state index contributed by atoms with van der Waals surface area (Å²) in [5, 5.41) is 3.46. The van der Waals surface area contributed by atoms with Crippen LogP contribution in [-0.4, -0.2) is 25.8 Å². The zero-order chi connectivity index (χ0) is 9.73. The van der Waals surface area contributed by atoms with Crippen molar-refractivity contribution in [3.05, 3.63) is 0 Å². The van der Waals surface area contributed by atoms with Crippen LogP contribution in [0.3, 0.4) is 0 Å². The van der Waals surface area contributed by atoms with Gasteiger partial charge in [0.25, 0.3) is 0 Å². The lowest BCUT2D eigenvalue weighted by Crippen LogP contribution is -2.28. The fraction of sp³-hybridized carbons (Fsp3) is 1.00. The van der Waals surface area contributed by atoms with Crippen LogP contribution in [0.1, 0.15) is 40.0 Å². The molecule has 1 aliphatic heterocycles. The number of hydrogen-bond donors (Lipinski definition) is 1. The number of nitrogens with one attached hydrogen (secondary N) is 1. The molecule has 1 saturated heterocycles. The summed E-state index contributed by atoms with van der Waals surface area (Å²) in [5.74, 6) is 0. The first-order valence-electron chi connectivity index (χ1n) is 5.40. The maximum atomic E-state index is 5.52. The molecular weight excluding hydrogens is 162 g/mol. The molecule has 13 heavy (non-hydrogen) atoms. The maximum absolute atomic E-state index is 5.52. The Bertz CT molecular complexity index is 134. The first-order valence-corrected chi connectivity index (χ1v) is 5.40. The van der Waals surface area contributed by atoms with Crippen molar-refractivity contribution < 1.29 is 4.74 Å². The Morgan fingerprint density at radius 1 is 1.38 bits per heavy atom. The first-order chi connectivity index (χ1) is 6.08. The molecule has 0 bridgehead atoms. The summed E-state index contributed by atoms with van der Waals surface area (Å²) < 4.78 is 5.52. The minimum absolute atomic E-state index is 0.448. The lowest BCUT2D eigenvalue weighted by molar-refractivity contribution is 0.109. The molecular formula is C11H23NO. The van der Waals surface area contributed by atoms with E-state index in [4.69, 9.17) is 4.74 Å². The minimum atomic E-state index is 0.448. The fourth-order valence-electron chi connectivity index (χ4n) is 1.53. The monoisotopic (exact) mass is 185 g/mol. The number of ether oxygens (including phenoxy) is 1. The Morgan fingerprint density at radius 2 is 2.15 bits per heavy atom. The molecule has 78 valence electrons. The van der Waals surface area contributed by atoms with Gasteiger partial charge in [0.15, 0.2) is 0 Å². The van der Waals surface area contributed by atoms with E-state index in [0.29, 0.717) is 11.5 Å². The zero-order valence-corrected chi connectivity index (χ0v) is 9.23. The van der Waals surface area contributed by atoms with Gasteiger partial charge in [0.05, 0.1) is 6.10 Å². The van der Waals surface area contributed by atoms with Crippen LogP contribution in [0.5, 0.6) is 0 Å². The van der Waals surface area contributed by atoms with Gasteiger partial charge in [-0.3, -0.25) is 0 Å². The van der Waals surface area contributed by atoms with Crippen molar-refractivity contribution >= 4 is 0 Å². The summed E-state index contributed by atoms with van der Waals surface area (Å²) in [4.78, 5) is 0. The van der Waals surface area contributed by atoms with Crippen LogP contribution in [0.25, 0.3) is 0 Å². The Morgan fingerprint density at radius 3 is 2.69 bits per heavy atom. The van der Waals surface area contributed by atoms with Crippen LogP contribution in [0, 0.1) is 5.41 Å². The summed E-state index contributed by atoms with van der Waals surface area (Å²) in [7, 11) is 0. The second-order valence-corrected chi connectivity index (χ2v) is 5.15. The highest BCUT2D eigenvalue weighted by Gasteiger charge is 2.15. The lowest BCUT2D eigenvalue weighted by atomic mass is 9.92. The number of hydrogen-bond acceptors (Lipinski definition) is 2. The molecule has 0 aliphatic carbocycles. The van der Waals surface area contributed by atoms with Gasteiger partial charge in [0.2, 0.25) is 0 Å². The van der Waals surface area contributed by atoms with Gasteiger partial charge in [-0.15, -0.1) is 0 Å². The van der Waals surface area contributed by atoms with Gasteiger partial charge in [-0.1, -0.05) is 20.8 Å². The van der Waals surface area contributed by atoms with Crippen LogP contribution in [0.2, 0.25) is 0 Å². The molecule has 0 spiro atoms. The third kappa shape index (κ3) is 5.27. The summed E-state index contributed by atoms with van der Waals surface area (Å²) in [6, 6.07) is 0. The van der Waals surface area contributed by atoms with Gasteiger partial charge < -0.3 is 10.1 Å². The van der Waals surface area contributed by atoms with E-state index in [-0.39, 0.29) is 0 Å². The van der Waals surface area contributed by atoms with Crippen molar-refractivity contribution in [2.45, 2.75) is 46.1 Å². The van der Waals surface area contributed by atoms with E-state index in [1.165, 1.54) is 19.3 Å². The van der Waals surface area contributed by atoms with E-state index in [2.05, 4.69) is 26.1 Å². The summed E-state index contributed by atoms with van der Waals surface area (Å²) in [6.07, 6.45) is 4.20. The minimum Gasteiger partial charge on any atom is -0.377 e. The molecule has 0 aromatic carbocycles. The van der Waals surface area contributed by atoms with Crippen molar-refractivity contribution in [3.8, 4) is 0 Å². The average molecular weight is 185 g/mol. The standard InChI is InChI=1S/C11H23NO/c1-11(2,3)6-7-12-9-10-5-4-8-13-10/h10,12H,4-9H2,1-3H3. The summed E-state index contributed by atoms with van der Waals surface area (Å²) in [5.41, 5.74) is 0.448. The van der Waals surface area contributed by atoms with Crippen molar-refractivity contribution in [2.75, 3.05) is 19.7 Å². The second-order valence-electron chi connectivity index (χ2n) is 5.15. The average Bonchev–Trinajstić information content (AvgIpc) is 2.48. The number of rotatable bonds is 4. The quantitative estimate of drug-likeness (QED) is 0.678. The predicted octanol–water partition coefficient (Wildman–Crippen LogP) is 2.19. The lowest BCUT2D eigenvalue weighted by Gasteiger charge is -2.19. The van der Waals surface area contributed by atoms with Gasteiger partial charge in [-0.2, -0.15) is 0 Å².